The number of carboxylic acids is 2. The van der Waals surface area contributed by atoms with E-state index >= 15 is 0 Å². The number of pyridine rings is 1. The van der Waals surface area contributed by atoms with Gasteiger partial charge in [-0.25, -0.2) is 14.6 Å². The van der Waals surface area contributed by atoms with E-state index in [9.17, 15) is 19.7 Å². The van der Waals surface area contributed by atoms with Crippen molar-refractivity contribution in [1.29, 1.82) is 0 Å². The predicted molar refractivity (Wildman–Crippen MR) is 129 cm³/mol. The molecule has 2 N–H and O–H groups in total. The molecule has 3 heterocycles. The Labute approximate surface area is 203 Å². The first kappa shape index (κ1) is 26.1. The Morgan fingerprint density at radius 3 is 2.49 bits per heavy atom. The lowest BCUT2D eigenvalue weighted by molar-refractivity contribution is -0.384. The van der Waals surface area contributed by atoms with Crippen molar-refractivity contribution in [2.75, 3.05) is 13.7 Å². The molecule has 35 heavy (non-hydrogen) atoms. The highest BCUT2D eigenvalue weighted by Crippen LogP contribution is 2.44. The molecule has 2 aliphatic rings. The predicted octanol–water partition coefficient (Wildman–Crippen LogP) is 3.99. The molecule has 10 heteroatoms. The number of benzene rings is 1. The highest BCUT2D eigenvalue weighted by molar-refractivity contribution is 5.89. The van der Waals surface area contributed by atoms with Gasteiger partial charge in [0.05, 0.1) is 17.0 Å². The number of aromatic nitrogens is 1. The van der Waals surface area contributed by atoms with E-state index in [1.165, 1.54) is 25.3 Å². The summed E-state index contributed by atoms with van der Waals surface area (Å²) in [6.45, 7) is 5.32. The maximum atomic E-state index is 10.9. The van der Waals surface area contributed by atoms with E-state index in [4.69, 9.17) is 14.9 Å². The topological polar surface area (TPSA) is 143 Å². The van der Waals surface area contributed by atoms with Crippen LogP contribution >= 0.6 is 0 Å². The van der Waals surface area contributed by atoms with Crippen LogP contribution in [0.5, 0.6) is 5.88 Å². The average Bonchev–Trinajstić information content (AvgIpc) is 3.04. The molecule has 2 fully saturated rings. The minimum absolute atomic E-state index is 0.0822. The largest absolute Gasteiger partial charge is 0.478 e. The van der Waals surface area contributed by atoms with Crippen molar-refractivity contribution >= 4 is 28.5 Å². The Kier molecular flexibility index (Phi) is 8.39. The van der Waals surface area contributed by atoms with Gasteiger partial charge in [-0.2, -0.15) is 0 Å². The Morgan fingerprint density at radius 2 is 1.89 bits per heavy atom. The number of aliphatic carboxylic acids is 2. The molecule has 2 bridgehead atoms. The smallest absolute Gasteiger partial charge is 0.328 e. The van der Waals surface area contributed by atoms with Gasteiger partial charge >= 0.3 is 11.9 Å². The molecule has 0 spiro atoms. The van der Waals surface area contributed by atoms with E-state index in [-0.39, 0.29) is 10.6 Å². The van der Waals surface area contributed by atoms with Crippen LogP contribution in [0.1, 0.15) is 33.1 Å². The minimum atomic E-state index is -1.26. The number of fused-ring (bicyclic) bond motifs is 3. The van der Waals surface area contributed by atoms with Gasteiger partial charge < -0.3 is 19.8 Å². The lowest BCUT2D eigenvalue weighted by atomic mass is 9.74. The number of non-ortho nitro benzene ring substituents is 1. The fourth-order valence-electron chi connectivity index (χ4n) is 5.23. The van der Waals surface area contributed by atoms with Crippen LogP contribution in [-0.2, 0) is 9.59 Å². The molecule has 2 unspecified atom stereocenters. The van der Waals surface area contributed by atoms with Crippen molar-refractivity contribution in [1.82, 2.24) is 9.88 Å². The van der Waals surface area contributed by atoms with Crippen LogP contribution in [0.4, 0.5) is 5.69 Å². The van der Waals surface area contributed by atoms with Crippen LogP contribution in [0.3, 0.4) is 0 Å². The Balaban J connectivity index is 0.000000371. The number of ether oxygens (including phenoxy) is 1. The van der Waals surface area contributed by atoms with Crippen LogP contribution in [0.25, 0.3) is 10.9 Å². The van der Waals surface area contributed by atoms with Gasteiger partial charge in [0.15, 0.2) is 0 Å². The van der Waals surface area contributed by atoms with Crippen molar-refractivity contribution in [3.05, 3.63) is 52.6 Å². The highest BCUT2D eigenvalue weighted by atomic mass is 16.6. The van der Waals surface area contributed by atoms with Crippen molar-refractivity contribution in [2.24, 2.45) is 17.8 Å². The molecule has 188 valence electrons. The van der Waals surface area contributed by atoms with E-state index in [1.807, 2.05) is 12.1 Å². The highest BCUT2D eigenvalue weighted by Gasteiger charge is 2.46. The molecular weight excluding hydrogens is 454 g/mol. The van der Waals surface area contributed by atoms with Crippen LogP contribution in [0, 0.1) is 27.9 Å². The van der Waals surface area contributed by atoms with Gasteiger partial charge in [0.25, 0.3) is 5.69 Å². The minimum Gasteiger partial charge on any atom is -0.478 e. The molecule has 1 aromatic heterocycles. The average molecular weight is 486 g/mol. The SMILES string of the molecule is CC(C)[C@@H]1CC2CCC([C@@H]1COc1ccc3cc([N+](=O)[O-])ccc3n1)N2C.O=C(O)/C=C/C(=O)O. The molecule has 4 atom stereocenters. The zero-order chi connectivity index (χ0) is 25.7. The normalized spacial score (nSPS) is 23.8. The van der Waals surface area contributed by atoms with E-state index < -0.39 is 11.9 Å². The second-order valence-corrected chi connectivity index (χ2v) is 9.38. The van der Waals surface area contributed by atoms with Gasteiger partial charge in [-0.3, -0.25) is 10.1 Å². The summed E-state index contributed by atoms with van der Waals surface area (Å²) in [6.07, 6.45) is 4.93. The summed E-state index contributed by atoms with van der Waals surface area (Å²) in [7, 11) is 2.26. The summed E-state index contributed by atoms with van der Waals surface area (Å²) < 4.78 is 6.14. The second kappa shape index (κ2) is 11.3. The first-order chi connectivity index (χ1) is 16.6. The summed E-state index contributed by atoms with van der Waals surface area (Å²) >= 11 is 0. The number of nitro benzene ring substituents is 1. The number of nitro groups is 1. The molecule has 4 rings (SSSR count). The maximum absolute atomic E-state index is 10.9. The Bertz CT molecular complexity index is 1100. The number of carbonyl (C=O) groups is 2. The van der Waals surface area contributed by atoms with Gasteiger partial charge in [-0.15, -0.1) is 0 Å². The van der Waals surface area contributed by atoms with E-state index in [2.05, 4.69) is 30.8 Å². The molecule has 0 aliphatic carbocycles. The Hall–Kier alpha value is -3.53. The number of rotatable bonds is 7. The van der Waals surface area contributed by atoms with Gasteiger partial charge in [-0.1, -0.05) is 13.8 Å². The monoisotopic (exact) mass is 485 g/mol. The quantitative estimate of drug-likeness (QED) is 0.338. The molecule has 2 aromatic rings. The number of piperidine rings is 1. The van der Waals surface area contributed by atoms with E-state index in [0.29, 0.717) is 48.4 Å². The Morgan fingerprint density at radius 1 is 1.20 bits per heavy atom. The van der Waals surface area contributed by atoms with Crippen LogP contribution in [-0.4, -0.2) is 62.7 Å². The zero-order valence-corrected chi connectivity index (χ0v) is 20.0. The zero-order valence-electron chi connectivity index (χ0n) is 20.0. The fraction of sp³-hybridized carbons (Fsp3) is 0.480. The van der Waals surface area contributed by atoms with Crippen LogP contribution in [0.15, 0.2) is 42.5 Å². The van der Waals surface area contributed by atoms with Crippen molar-refractivity contribution in [3.8, 4) is 5.88 Å². The summed E-state index contributed by atoms with van der Waals surface area (Å²) in [4.78, 5) is 36.8. The summed E-state index contributed by atoms with van der Waals surface area (Å²) in [6, 6.07) is 9.72. The van der Waals surface area contributed by atoms with Crippen LogP contribution in [0.2, 0.25) is 0 Å². The first-order valence-corrected chi connectivity index (χ1v) is 11.6. The number of nitrogens with zero attached hydrogens (tertiary/aromatic N) is 3. The molecular formula is C25H31N3O7. The number of carboxylic acid groups (broad SMARTS) is 2. The van der Waals surface area contributed by atoms with Gasteiger partial charge in [0.1, 0.15) is 0 Å². The molecule has 10 nitrogen and oxygen atoms in total. The van der Waals surface area contributed by atoms with Crippen molar-refractivity contribution < 1.29 is 29.5 Å². The summed E-state index contributed by atoms with van der Waals surface area (Å²) in [5.74, 6) is -0.0631. The number of hydrogen-bond acceptors (Lipinski definition) is 7. The van der Waals surface area contributed by atoms with Gasteiger partial charge in [0, 0.05) is 53.7 Å². The van der Waals surface area contributed by atoms with Gasteiger partial charge in [-0.05, 0) is 50.3 Å². The van der Waals surface area contributed by atoms with Gasteiger partial charge in [0.2, 0.25) is 5.88 Å². The molecule has 0 saturated carbocycles. The summed E-state index contributed by atoms with van der Waals surface area (Å²) in [5.41, 5.74) is 0.805. The molecule has 1 aromatic carbocycles. The van der Waals surface area contributed by atoms with Crippen molar-refractivity contribution in [3.63, 3.8) is 0 Å². The molecule has 0 radical (unpaired) electrons. The fourth-order valence-corrected chi connectivity index (χ4v) is 5.23. The standard InChI is InChI=1S/C21H27N3O3.C4H4O4/c1-13(2)17-11-15-6-8-20(23(15)3)18(17)12-27-21-9-4-14-10-16(24(25)26)5-7-19(14)22-21;5-3(6)1-2-4(7)8/h4-5,7,9-10,13,15,17-18,20H,6,8,11-12H2,1-3H3;1-2H,(H,5,6)(H,7,8)/b;2-1+/t15?,17-,18+,20?;/m0./s1. The van der Waals surface area contributed by atoms with Crippen LogP contribution < -0.4 is 4.74 Å². The van der Waals surface area contributed by atoms with E-state index in [0.717, 1.165) is 16.9 Å². The maximum Gasteiger partial charge on any atom is 0.328 e. The lowest BCUT2D eigenvalue weighted by Crippen LogP contribution is -2.50. The molecule has 2 saturated heterocycles. The second-order valence-electron chi connectivity index (χ2n) is 9.38. The summed E-state index contributed by atoms with van der Waals surface area (Å²) in [5, 5.41) is 27.3. The first-order valence-electron chi connectivity index (χ1n) is 11.6. The van der Waals surface area contributed by atoms with E-state index in [1.54, 1.807) is 12.1 Å². The van der Waals surface area contributed by atoms with Crippen molar-refractivity contribution in [2.45, 2.75) is 45.2 Å². The third-order valence-electron chi connectivity index (χ3n) is 6.99. The number of hydrogen-bond donors (Lipinski definition) is 2. The third kappa shape index (κ3) is 6.54. The molecule has 2 aliphatic heterocycles. The lowest BCUT2D eigenvalue weighted by Gasteiger charge is -2.44. The molecule has 0 amide bonds. The third-order valence-corrected chi connectivity index (χ3v) is 6.99.